The van der Waals surface area contributed by atoms with E-state index in [0.29, 0.717) is 23.7 Å². The number of anilines is 1. The second-order valence-corrected chi connectivity index (χ2v) is 6.90. The minimum atomic E-state index is -0.513. The number of benzene rings is 2. The normalized spacial score (nSPS) is 17.8. The summed E-state index contributed by atoms with van der Waals surface area (Å²) in [7, 11) is 0. The average molecular weight is 357 g/mol. The van der Waals surface area contributed by atoms with E-state index in [9.17, 15) is 9.59 Å². The van der Waals surface area contributed by atoms with Gasteiger partial charge in [0.2, 0.25) is 5.91 Å². The van der Waals surface area contributed by atoms with Gasteiger partial charge in [-0.05, 0) is 50.6 Å². The van der Waals surface area contributed by atoms with Gasteiger partial charge in [-0.2, -0.15) is 0 Å². The van der Waals surface area contributed by atoms with Crippen LogP contribution in [-0.4, -0.2) is 35.8 Å². The Bertz CT molecular complexity index is 834. The average Bonchev–Trinajstić information content (AvgIpc) is 2.57. The zero-order valence-electron chi connectivity index (χ0n) is 14.6. The number of piperazine rings is 1. The van der Waals surface area contributed by atoms with E-state index in [0.717, 1.165) is 16.8 Å². The van der Waals surface area contributed by atoms with Gasteiger partial charge < -0.3 is 9.80 Å². The quantitative estimate of drug-likeness (QED) is 0.820. The lowest BCUT2D eigenvalue weighted by atomic mass is 10.1. The van der Waals surface area contributed by atoms with Gasteiger partial charge in [-0.3, -0.25) is 9.59 Å². The fourth-order valence-electron chi connectivity index (χ4n) is 3.28. The lowest BCUT2D eigenvalue weighted by Crippen LogP contribution is -2.57. The van der Waals surface area contributed by atoms with Crippen molar-refractivity contribution in [2.24, 2.45) is 0 Å². The lowest BCUT2D eigenvalue weighted by Gasteiger charge is -2.39. The molecule has 2 aromatic carbocycles. The largest absolute Gasteiger partial charge is 0.325 e. The Morgan fingerprint density at radius 3 is 2.56 bits per heavy atom. The van der Waals surface area contributed by atoms with Gasteiger partial charge in [0.25, 0.3) is 5.91 Å². The van der Waals surface area contributed by atoms with E-state index in [2.05, 4.69) is 6.07 Å². The number of nitrogens with zero attached hydrogens (tertiary/aromatic N) is 2. The first-order valence-corrected chi connectivity index (χ1v) is 8.71. The van der Waals surface area contributed by atoms with Crippen molar-refractivity contribution in [3.8, 4) is 0 Å². The fourth-order valence-corrected chi connectivity index (χ4v) is 3.47. The summed E-state index contributed by atoms with van der Waals surface area (Å²) >= 11 is 5.98. The minimum Gasteiger partial charge on any atom is -0.325 e. The number of aryl methyl sites for hydroxylation is 2. The second-order valence-electron chi connectivity index (χ2n) is 6.46. The molecule has 1 aliphatic rings. The van der Waals surface area contributed by atoms with Crippen molar-refractivity contribution in [1.82, 2.24) is 4.90 Å². The van der Waals surface area contributed by atoms with Gasteiger partial charge in [-0.1, -0.05) is 35.4 Å². The molecule has 0 bridgehead atoms. The third kappa shape index (κ3) is 3.40. The number of rotatable bonds is 2. The van der Waals surface area contributed by atoms with Crippen LogP contribution < -0.4 is 4.90 Å². The molecule has 0 aromatic heterocycles. The Kier molecular flexibility index (Phi) is 4.82. The zero-order chi connectivity index (χ0) is 18.1. The van der Waals surface area contributed by atoms with Crippen LogP contribution in [0.15, 0.2) is 42.5 Å². The summed E-state index contributed by atoms with van der Waals surface area (Å²) in [6.07, 6.45) is 0. The van der Waals surface area contributed by atoms with Gasteiger partial charge in [0.15, 0.2) is 0 Å². The van der Waals surface area contributed by atoms with Crippen LogP contribution >= 0.6 is 11.6 Å². The standard InChI is InChI=1S/C20H21ClN2O2/c1-13-7-8-18(14(2)11-13)23-10-9-22(15(3)19(23)24)20(25)16-5-4-6-17(21)12-16/h4-8,11-12,15H,9-10H2,1-3H3/t15-/m0/s1. The van der Waals surface area contributed by atoms with Crippen molar-refractivity contribution in [3.63, 3.8) is 0 Å². The van der Waals surface area contributed by atoms with Crippen molar-refractivity contribution >= 4 is 29.1 Å². The summed E-state index contributed by atoms with van der Waals surface area (Å²) in [5.74, 6) is -0.225. The first-order valence-electron chi connectivity index (χ1n) is 8.33. The smallest absolute Gasteiger partial charge is 0.254 e. The predicted octanol–water partition coefficient (Wildman–Crippen LogP) is 3.83. The molecular weight excluding hydrogens is 336 g/mol. The Morgan fingerprint density at radius 2 is 1.88 bits per heavy atom. The van der Waals surface area contributed by atoms with Crippen LogP contribution in [0.25, 0.3) is 0 Å². The van der Waals surface area contributed by atoms with Gasteiger partial charge in [0.1, 0.15) is 6.04 Å². The highest BCUT2D eigenvalue weighted by atomic mass is 35.5. The van der Waals surface area contributed by atoms with Gasteiger partial charge >= 0.3 is 0 Å². The fraction of sp³-hybridized carbons (Fsp3) is 0.300. The molecule has 130 valence electrons. The molecule has 3 rings (SSSR count). The topological polar surface area (TPSA) is 40.6 Å². The first kappa shape index (κ1) is 17.5. The summed E-state index contributed by atoms with van der Waals surface area (Å²) in [6, 6.07) is 12.4. The summed E-state index contributed by atoms with van der Waals surface area (Å²) in [5, 5.41) is 0.513. The molecule has 1 fully saturated rings. The molecule has 2 aromatic rings. The molecule has 0 saturated carbocycles. The van der Waals surface area contributed by atoms with Gasteiger partial charge in [-0.15, -0.1) is 0 Å². The SMILES string of the molecule is Cc1ccc(N2CCN(C(=O)c3cccc(Cl)c3)[C@@H](C)C2=O)c(C)c1. The van der Waals surface area contributed by atoms with E-state index in [1.807, 2.05) is 26.0 Å². The number of halogens is 1. The Labute approximate surface area is 153 Å². The molecule has 4 nitrogen and oxygen atoms in total. The van der Waals surface area contributed by atoms with Crippen molar-refractivity contribution in [2.75, 3.05) is 18.0 Å². The maximum Gasteiger partial charge on any atom is 0.254 e. The number of carbonyl (C=O) groups is 2. The third-order valence-electron chi connectivity index (χ3n) is 4.63. The number of amides is 2. The summed E-state index contributed by atoms with van der Waals surface area (Å²) in [6.45, 7) is 6.79. The Morgan fingerprint density at radius 1 is 1.12 bits per heavy atom. The summed E-state index contributed by atoms with van der Waals surface area (Å²) in [5.41, 5.74) is 3.65. The first-order chi connectivity index (χ1) is 11.9. The number of carbonyl (C=O) groups excluding carboxylic acids is 2. The minimum absolute atomic E-state index is 0.0615. The van der Waals surface area contributed by atoms with Gasteiger partial charge in [-0.25, -0.2) is 0 Å². The zero-order valence-corrected chi connectivity index (χ0v) is 15.4. The molecule has 0 radical (unpaired) electrons. The Balaban J connectivity index is 1.83. The van der Waals surface area contributed by atoms with Crippen molar-refractivity contribution < 1.29 is 9.59 Å². The molecule has 0 aliphatic carbocycles. The van der Waals surface area contributed by atoms with Crippen molar-refractivity contribution in [3.05, 3.63) is 64.2 Å². The van der Waals surface area contributed by atoms with Crippen LogP contribution in [0.3, 0.4) is 0 Å². The molecule has 0 spiro atoms. The van der Waals surface area contributed by atoms with Crippen LogP contribution in [0.4, 0.5) is 5.69 Å². The number of hydrogen-bond acceptors (Lipinski definition) is 2. The molecule has 0 unspecified atom stereocenters. The molecule has 1 saturated heterocycles. The third-order valence-corrected chi connectivity index (χ3v) is 4.87. The van der Waals surface area contributed by atoms with E-state index in [4.69, 9.17) is 11.6 Å². The van der Waals surface area contributed by atoms with Crippen LogP contribution in [0, 0.1) is 13.8 Å². The Hall–Kier alpha value is -2.33. The predicted molar refractivity (Wildman–Crippen MR) is 100 cm³/mol. The molecule has 1 aliphatic heterocycles. The maximum absolute atomic E-state index is 12.9. The second kappa shape index (κ2) is 6.89. The lowest BCUT2D eigenvalue weighted by molar-refractivity contribution is -0.124. The van der Waals surface area contributed by atoms with Crippen LogP contribution in [0.2, 0.25) is 5.02 Å². The molecule has 0 N–H and O–H groups in total. The van der Waals surface area contributed by atoms with Crippen molar-refractivity contribution in [1.29, 1.82) is 0 Å². The van der Waals surface area contributed by atoms with Gasteiger partial charge in [0, 0.05) is 29.4 Å². The van der Waals surface area contributed by atoms with E-state index >= 15 is 0 Å². The molecule has 1 atom stereocenters. The molecular formula is C20H21ClN2O2. The molecule has 1 heterocycles. The maximum atomic E-state index is 12.9. The van der Waals surface area contributed by atoms with E-state index in [-0.39, 0.29) is 11.8 Å². The molecule has 25 heavy (non-hydrogen) atoms. The van der Waals surface area contributed by atoms with Gasteiger partial charge in [0.05, 0.1) is 0 Å². The number of hydrogen-bond donors (Lipinski definition) is 0. The van der Waals surface area contributed by atoms with E-state index < -0.39 is 6.04 Å². The summed E-state index contributed by atoms with van der Waals surface area (Å²) < 4.78 is 0. The van der Waals surface area contributed by atoms with Crippen molar-refractivity contribution in [2.45, 2.75) is 26.8 Å². The highest BCUT2D eigenvalue weighted by molar-refractivity contribution is 6.31. The van der Waals surface area contributed by atoms with E-state index in [1.165, 1.54) is 0 Å². The van der Waals surface area contributed by atoms with Crippen LogP contribution in [0.1, 0.15) is 28.4 Å². The molecule has 5 heteroatoms. The highest BCUT2D eigenvalue weighted by Crippen LogP contribution is 2.26. The van der Waals surface area contributed by atoms with E-state index in [1.54, 1.807) is 41.0 Å². The highest BCUT2D eigenvalue weighted by Gasteiger charge is 2.35. The van der Waals surface area contributed by atoms with Crippen LogP contribution in [0.5, 0.6) is 0 Å². The molecule has 2 amide bonds. The monoisotopic (exact) mass is 356 g/mol. The van der Waals surface area contributed by atoms with Crippen LogP contribution in [-0.2, 0) is 4.79 Å². The summed E-state index contributed by atoms with van der Waals surface area (Å²) in [4.78, 5) is 29.0.